The van der Waals surface area contributed by atoms with Crippen LogP contribution in [-0.2, 0) is 5.41 Å². The molecule has 16 heavy (non-hydrogen) atoms. The fourth-order valence-corrected chi connectivity index (χ4v) is 1.28. The fourth-order valence-electron chi connectivity index (χ4n) is 1.28. The Hall–Kier alpha value is -1.78. The molecule has 0 aliphatic heterocycles. The van der Waals surface area contributed by atoms with E-state index in [4.69, 9.17) is 0 Å². The molecular formula is C11H14N4O. The third-order valence-corrected chi connectivity index (χ3v) is 2.27. The maximum absolute atomic E-state index is 11.2. The van der Waals surface area contributed by atoms with Crippen LogP contribution in [0.5, 0.6) is 0 Å². The molecule has 5 nitrogen and oxygen atoms in total. The SMILES string of the molecule is CC(=O)c1cnc2nc(C(C)(C)C)nn2c1. The van der Waals surface area contributed by atoms with Crippen molar-refractivity contribution in [1.29, 1.82) is 0 Å². The summed E-state index contributed by atoms with van der Waals surface area (Å²) in [6, 6.07) is 0. The minimum atomic E-state index is -0.121. The molecule has 0 fully saturated rings. The van der Waals surface area contributed by atoms with Crippen LogP contribution in [0, 0.1) is 0 Å². The van der Waals surface area contributed by atoms with Crippen LogP contribution in [0.25, 0.3) is 5.78 Å². The maximum atomic E-state index is 11.2. The van der Waals surface area contributed by atoms with Crippen LogP contribution in [0.2, 0.25) is 0 Å². The van der Waals surface area contributed by atoms with E-state index in [0.29, 0.717) is 11.3 Å². The number of carbonyl (C=O) groups excluding carboxylic acids is 1. The molecule has 0 amide bonds. The summed E-state index contributed by atoms with van der Waals surface area (Å²) < 4.78 is 1.55. The number of Topliss-reactive ketones (excluding diaryl/α,β-unsaturated/α-hetero) is 1. The van der Waals surface area contributed by atoms with Crippen LogP contribution in [0.3, 0.4) is 0 Å². The second-order valence-corrected chi connectivity index (χ2v) is 4.83. The Labute approximate surface area is 93.5 Å². The van der Waals surface area contributed by atoms with Gasteiger partial charge in [-0.2, -0.15) is 4.98 Å². The Bertz CT molecular complexity index is 551. The van der Waals surface area contributed by atoms with Gasteiger partial charge in [-0.15, -0.1) is 5.10 Å². The molecule has 0 saturated carbocycles. The van der Waals surface area contributed by atoms with Crippen molar-refractivity contribution >= 4 is 11.6 Å². The van der Waals surface area contributed by atoms with Crippen molar-refractivity contribution in [3.05, 3.63) is 23.8 Å². The maximum Gasteiger partial charge on any atom is 0.252 e. The van der Waals surface area contributed by atoms with Crippen LogP contribution < -0.4 is 0 Å². The van der Waals surface area contributed by atoms with E-state index in [1.165, 1.54) is 13.1 Å². The van der Waals surface area contributed by atoms with Gasteiger partial charge in [0.2, 0.25) is 0 Å². The van der Waals surface area contributed by atoms with Gasteiger partial charge >= 0.3 is 0 Å². The van der Waals surface area contributed by atoms with Crippen LogP contribution in [0.4, 0.5) is 0 Å². The van der Waals surface area contributed by atoms with Crippen molar-refractivity contribution in [2.45, 2.75) is 33.1 Å². The topological polar surface area (TPSA) is 60.2 Å². The number of aromatic nitrogens is 4. The Morgan fingerprint density at radius 1 is 1.38 bits per heavy atom. The number of hydrogen-bond donors (Lipinski definition) is 0. The van der Waals surface area contributed by atoms with Crippen LogP contribution in [0.1, 0.15) is 43.9 Å². The average Bonchev–Trinajstić information content (AvgIpc) is 2.58. The molecule has 84 valence electrons. The minimum Gasteiger partial charge on any atom is -0.294 e. The third kappa shape index (κ3) is 1.80. The zero-order chi connectivity index (χ0) is 11.9. The van der Waals surface area contributed by atoms with E-state index in [2.05, 4.69) is 15.1 Å². The molecule has 0 aliphatic carbocycles. The second-order valence-electron chi connectivity index (χ2n) is 4.83. The number of nitrogens with zero attached hydrogens (tertiary/aromatic N) is 4. The molecule has 2 aromatic rings. The monoisotopic (exact) mass is 218 g/mol. The summed E-state index contributed by atoms with van der Waals surface area (Å²) in [5.74, 6) is 1.22. The second kappa shape index (κ2) is 3.37. The van der Waals surface area contributed by atoms with E-state index >= 15 is 0 Å². The van der Waals surface area contributed by atoms with E-state index in [1.807, 2.05) is 20.8 Å². The largest absolute Gasteiger partial charge is 0.294 e. The normalized spacial score (nSPS) is 12.0. The molecule has 2 heterocycles. The van der Waals surface area contributed by atoms with Crippen LogP contribution in [0.15, 0.2) is 12.4 Å². The van der Waals surface area contributed by atoms with E-state index in [1.54, 1.807) is 10.7 Å². The molecule has 0 saturated heterocycles. The molecule has 0 atom stereocenters. The van der Waals surface area contributed by atoms with Crippen LogP contribution in [-0.4, -0.2) is 25.4 Å². The van der Waals surface area contributed by atoms with Gasteiger partial charge in [-0.25, -0.2) is 9.50 Å². The van der Waals surface area contributed by atoms with Gasteiger partial charge in [-0.1, -0.05) is 20.8 Å². The van der Waals surface area contributed by atoms with Gasteiger partial charge < -0.3 is 0 Å². The lowest BCUT2D eigenvalue weighted by atomic mass is 9.96. The highest BCUT2D eigenvalue weighted by Crippen LogP contribution is 2.18. The average molecular weight is 218 g/mol. The lowest BCUT2D eigenvalue weighted by molar-refractivity contribution is 0.101. The van der Waals surface area contributed by atoms with Crippen molar-refractivity contribution in [3.63, 3.8) is 0 Å². The molecule has 0 spiro atoms. The smallest absolute Gasteiger partial charge is 0.252 e. The Morgan fingerprint density at radius 3 is 2.62 bits per heavy atom. The standard InChI is InChI=1S/C11H14N4O/c1-7(16)8-5-12-10-13-9(11(2,3)4)14-15(10)6-8/h5-6H,1-4H3. The summed E-state index contributed by atoms with van der Waals surface area (Å²) in [4.78, 5) is 19.6. The zero-order valence-electron chi connectivity index (χ0n) is 9.85. The van der Waals surface area contributed by atoms with Gasteiger partial charge in [0.25, 0.3) is 5.78 Å². The molecular weight excluding hydrogens is 204 g/mol. The first kappa shape index (κ1) is 10.7. The number of fused-ring (bicyclic) bond motifs is 1. The van der Waals surface area contributed by atoms with Crippen molar-refractivity contribution in [3.8, 4) is 0 Å². The Kier molecular flexibility index (Phi) is 2.26. The summed E-state index contributed by atoms with van der Waals surface area (Å²) in [5, 5.41) is 4.32. The van der Waals surface area contributed by atoms with E-state index in [-0.39, 0.29) is 11.2 Å². The fraction of sp³-hybridized carbons (Fsp3) is 0.455. The van der Waals surface area contributed by atoms with Gasteiger partial charge in [0.05, 0.1) is 5.56 Å². The lowest BCUT2D eigenvalue weighted by Gasteiger charge is -2.11. The lowest BCUT2D eigenvalue weighted by Crippen LogP contribution is -2.13. The molecule has 0 aromatic carbocycles. The van der Waals surface area contributed by atoms with Crippen molar-refractivity contribution in [2.24, 2.45) is 0 Å². The van der Waals surface area contributed by atoms with Gasteiger partial charge in [-0.3, -0.25) is 4.79 Å². The zero-order valence-corrected chi connectivity index (χ0v) is 9.85. The summed E-state index contributed by atoms with van der Waals surface area (Å²) in [6.45, 7) is 7.61. The van der Waals surface area contributed by atoms with Crippen molar-refractivity contribution < 1.29 is 4.79 Å². The molecule has 0 N–H and O–H groups in total. The third-order valence-electron chi connectivity index (χ3n) is 2.27. The van der Waals surface area contributed by atoms with E-state index in [0.717, 1.165) is 5.82 Å². The number of carbonyl (C=O) groups is 1. The minimum absolute atomic E-state index is 0.0257. The molecule has 2 rings (SSSR count). The summed E-state index contributed by atoms with van der Waals surface area (Å²) in [6.07, 6.45) is 3.19. The van der Waals surface area contributed by atoms with Crippen molar-refractivity contribution in [1.82, 2.24) is 19.6 Å². The summed E-state index contributed by atoms with van der Waals surface area (Å²) >= 11 is 0. The molecule has 0 bridgehead atoms. The van der Waals surface area contributed by atoms with E-state index in [9.17, 15) is 4.79 Å². The highest BCUT2D eigenvalue weighted by Gasteiger charge is 2.20. The first-order chi connectivity index (χ1) is 7.38. The molecule has 0 radical (unpaired) electrons. The van der Waals surface area contributed by atoms with Gasteiger partial charge in [-0.05, 0) is 6.92 Å². The Balaban J connectivity index is 2.59. The van der Waals surface area contributed by atoms with Crippen LogP contribution >= 0.6 is 0 Å². The number of hydrogen-bond acceptors (Lipinski definition) is 4. The molecule has 2 aromatic heterocycles. The van der Waals surface area contributed by atoms with Gasteiger partial charge in [0, 0.05) is 17.8 Å². The highest BCUT2D eigenvalue weighted by molar-refractivity contribution is 5.93. The molecule has 0 aliphatic rings. The molecule has 0 unspecified atom stereocenters. The summed E-state index contributed by atoms with van der Waals surface area (Å²) in [5.41, 5.74) is 0.419. The first-order valence-electron chi connectivity index (χ1n) is 5.12. The Morgan fingerprint density at radius 2 is 2.06 bits per heavy atom. The first-order valence-corrected chi connectivity index (χ1v) is 5.12. The number of ketones is 1. The van der Waals surface area contributed by atoms with Gasteiger partial charge in [0.15, 0.2) is 11.6 Å². The van der Waals surface area contributed by atoms with E-state index < -0.39 is 0 Å². The van der Waals surface area contributed by atoms with Crippen molar-refractivity contribution in [2.75, 3.05) is 0 Å². The summed E-state index contributed by atoms with van der Waals surface area (Å²) in [7, 11) is 0. The molecule has 5 heteroatoms. The predicted octanol–water partition coefficient (Wildman–Crippen LogP) is 1.62. The number of rotatable bonds is 1. The van der Waals surface area contributed by atoms with Gasteiger partial charge in [0.1, 0.15) is 0 Å². The quantitative estimate of drug-likeness (QED) is 0.682. The predicted molar refractivity (Wildman–Crippen MR) is 59.5 cm³/mol. The highest BCUT2D eigenvalue weighted by atomic mass is 16.1.